The Hall–Kier alpha value is -3.21. The Bertz CT molecular complexity index is 660. The zero-order chi connectivity index (χ0) is 15.5. The average molecular weight is 291 g/mol. The van der Waals surface area contributed by atoms with Crippen LogP contribution in [0.15, 0.2) is 76.9 Å². The molecule has 0 aliphatic rings. The Morgan fingerprint density at radius 3 is 2.09 bits per heavy atom. The van der Waals surface area contributed by atoms with E-state index in [9.17, 15) is 0 Å². The fourth-order valence-electron chi connectivity index (χ4n) is 1.60. The normalized spacial score (nSPS) is 11.3. The second kappa shape index (κ2) is 8.86. The summed E-state index contributed by atoms with van der Waals surface area (Å²) in [4.78, 5) is 0. The fraction of sp³-hybridized carbons (Fsp3) is 0. The first-order valence-electron chi connectivity index (χ1n) is 6.78. The van der Waals surface area contributed by atoms with Gasteiger partial charge in [0.2, 0.25) is 5.96 Å². The largest absolute Gasteiger partial charge is 0.266 e. The molecular formula is C17H17N5. The van der Waals surface area contributed by atoms with Gasteiger partial charge in [-0.25, -0.2) is 10.9 Å². The summed E-state index contributed by atoms with van der Waals surface area (Å²) in [5.41, 5.74) is 7.12. The second-order valence-corrected chi connectivity index (χ2v) is 4.32. The molecule has 22 heavy (non-hydrogen) atoms. The Morgan fingerprint density at radius 1 is 0.818 bits per heavy atom. The van der Waals surface area contributed by atoms with E-state index in [2.05, 4.69) is 21.1 Å². The molecular weight excluding hydrogens is 274 g/mol. The third-order valence-corrected chi connectivity index (χ3v) is 2.61. The SMILES string of the molecule is N=C(N/N=C/C=C/c1ccccc1)N/N=C/c1ccccc1. The van der Waals surface area contributed by atoms with Gasteiger partial charge < -0.3 is 0 Å². The van der Waals surface area contributed by atoms with Crippen LogP contribution in [-0.4, -0.2) is 18.4 Å². The number of hydrogen-bond donors (Lipinski definition) is 3. The van der Waals surface area contributed by atoms with Crippen molar-refractivity contribution in [3.8, 4) is 0 Å². The molecule has 0 heterocycles. The van der Waals surface area contributed by atoms with Gasteiger partial charge in [0.15, 0.2) is 0 Å². The third kappa shape index (κ3) is 5.83. The van der Waals surface area contributed by atoms with Gasteiger partial charge in [0.05, 0.1) is 6.21 Å². The van der Waals surface area contributed by atoms with Gasteiger partial charge in [-0.2, -0.15) is 10.2 Å². The highest BCUT2D eigenvalue weighted by Gasteiger charge is 1.88. The summed E-state index contributed by atoms with van der Waals surface area (Å²) in [6, 6.07) is 19.5. The molecule has 0 fully saturated rings. The van der Waals surface area contributed by atoms with E-state index in [-0.39, 0.29) is 5.96 Å². The lowest BCUT2D eigenvalue weighted by molar-refractivity contribution is 0.893. The minimum atomic E-state index is -0.00320. The number of guanidine groups is 1. The van der Waals surface area contributed by atoms with Gasteiger partial charge in [0, 0.05) is 6.21 Å². The van der Waals surface area contributed by atoms with Crippen LogP contribution in [0.2, 0.25) is 0 Å². The van der Waals surface area contributed by atoms with Crippen molar-refractivity contribution in [1.29, 1.82) is 5.41 Å². The van der Waals surface area contributed by atoms with Crippen molar-refractivity contribution < 1.29 is 0 Å². The predicted octanol–water partition coefficient (Wildman–Crippen LogP) is 2.83. The molecule has 0 bridgehead atoms. The van der Waals surface area contributed by atoms with Crippen molar-refractivity contribution in [2.24, 2.45) is 10.2 Å². The molecule has 3 N–H and O–H groups in total. The second-order valence-electron chi connectivity index (χ2n) is 4.32. The van der Waals surface area contributed by atoms with Gasteiger partial charge in [-0.05, 0) is 17.2 Å². The van der Waals surface area contributed by atoms with Crippen molar-refractivity contribution in [2.75, 3.05) is 0 Å². The van der Waals surface area contributed by atoms with Gasteiger partial charge in [-0.15, -0.1) is 0 Å². The first-order valence-corrected chi connectivity index (χ1v) is 6.78. The molecule has 0 aromatic heterocycles. The summed E-state index contributed by atoms with van der Waals surface area (Å²) in [6.07, 6.45) is 6.93. The third-order valence-electron chi connectivity index (χ3n) is 2.61. The van der Waals surface area contributed by atoms with Crippen LogP contribution in [-0.2, 0) is 0 Å². The van der Waals surface area contributed by atoms with E-state index < -0.39 is 0 Å². The van der Waals surface area contributed by atoms with Crippen LogP contribution in [0.3, 0.4) is 0 Å². The number of allylic oxidation sites excluding steroid dienone is 1. The monoisotopic (exact) mass is 291 g/mol. The van der Waals surface area contributed by atoms with Gasteiger partial charge >= 0.3 is 0 Å². The van der Waals surface area contributed by atoms with Crippen molar-refractivity contribution >= 4 is 24.5 Å². The van der Waals surface area contributed by atoms with E-state index in [0.717, 1.165) is 11.1 Å². The summed E-state index contributed by atoms with van der Waals surface area (Å²) in [7, 11) is 0. The molecule has 0 aliphatic carbocycles. The molecule has 110 valence electrons. The number of hydrazone groups is 2. The first kappa shape index (κ1) is 15.2. The lowest BCUT2D eigenvalue weighted by atomic mass is 10.2. The number of hydrogen-bond acceptors (Lipinski definition) is 3. The molecule has 0 aliphatic heterocycles. The molecule has 2 aromatic carbocycles. The average Bonchev–Trinajstić information content (AvgIpc) is 2.56. The number of rotatable bonds is 5. The summed E-state index contributed by atoms with van der Waals surface area (Å²) in [6.45, 7) is 0. The predicted molar refractivity (Wildman–Crippen MR) is 92.0 cm³/mol. The summed E-state index contributed by atoms with van der Waals surface area (Å²) >= 11 is 0. The Kier molecular flexibility index (Phi) is 6.12. The van der Waals surface area contributed by atoms with E-state index >= 15 is 0 Å². The van der Waals surface area contributed by atoms with Crippen LogP contribution < -0.4 is 10.9 Å². The van der Waals surface area contributed by atoms with Crippen LogP contribution >= 0.6 is 0 Å². The maximum atomic E-state index is 7.58. The molecule has 5 nitrogen and oxygen atoms in total. The zero-order valence-corrected chi connectivity index (χ0v) is 12.0. The summed E-state index contributed by atoms with van der Waals surface area (Å²) < 4.78 is 0. The summed E-state index contributed by atoms with van der Waals surface area (Å²) in [5.74, 6) is -0.00320. The van der Waals surface area contributed by atoms with E-state index in [4.69, 9.17) is 5.41 Å². The minimum absolute atomic E-state index is 0.00320. The summed E-state index contributed by atoms with van der Waals surface area (Å²) in [5, 5.41) is 15.4. The van der Waals surface area contributed by atoms with Crippen molar-refractivity contribution in [3.63, 3.8) is 0 Å². The van der Waals surface area contributed by atoms with Crippen molar-refractivity contribution in [3.05, 3.63) is 77.9 Å². The topological polar surface area (TPSA) is 72.6 Å². The molecule has 0 spiro atoms. The molecule has 0 atom stereocenters. The molecule has 0 radical (unpaired) electrons. The quantitative estimate of drug-likeness (QED) is 0.450. The van der Waals surface area contributed by atoms with Gasteiger partial charge in [-0.3, -0.25) is 5.41 Å². The maximum absolute atomic E-state index is 7.58. The van der Waals surface area contributed by atoms with Crippen molar-refractivity contribution in [2.45, 2.75) is 0 Å². The molecule has 2 rings (SSSR count). The zero-order valence-electron chi connectivity index (χ0n) is 12.0. The van der Waals surface area contributed by atoms with Gasteiger partial charge in [0.1, 0.15) is 0 Å². The smallest absolute Gasteiger partial charge is 0.230 e. The van der Waals surface area contributed by atoms with Crippen molar-refractivity contribution in [1.82, 2.24) is 10.9 Å². The first-order chi connectivity index (χ1) is 10.8. The van der Waals surface area contributed by atoms with Crippen LogP contribution in [0, 0.1) is 5.41 Å². The minimum Gasteiger partial charge on any atom is -0.266 e. The van der Waals surface area contributed by atoms with Gasteiger partial charge in [0.25, 0.3) is 0 Å². The van der Waals surface area contributed by atoms with Crippen LogP contribution in [0.25, 0.3) is 6.08 Å². The standard InChI is InChI=1S/C17H17N5/c18-17(22-20-14-16-10-5-2-6-11-16)21-19-13-7-12-15-8-3-1-4-9-15/h1-14H,(H3,18,21,22)/b12-7+,19-13+,20-14+. The molecule has 0 saturated carbocycles. The fourth-order valence-corrected chi connectivity index (χ4v) is 1.60. The lowest BCUT2D eigenvalue weighted by Crippen LogP contribution is -2.29. The van der Waals surface area contributed by atoms with Crippen LogP contribution in [0.1, 0.15) is 11.1 Å². The maximum Gasteiger partial charge on any atom is 0.230 e. The van der Waals surface area contributed by atoms with E-state index in [0.29, 0.717) is 0 Å². The highest BCUT2D eigenvalue weighted by atomic mass is 15.4. The molecule has 5 heteroatoms. The van der Waals surface area contributed by atoms with Crippen LogP contribution in [0.5, 0.6) is 0 Å². The molecule has 0 amide bonds. The Morgan fingerprint density at radius 2 is 1.41 bits per heavy atom. The van der Waals surface area contributed by atoms with Crippen LogP contribution in [0.4, 0.5) is 0 Å². The number of nitrogens with zero attached hydrogens (tertiary/aromatic N) is 2. The lowest BCUT2D eigenvalue weighted by Gasteiger charge is -1.99. The molecule has 2 aromatic rings. The Labute approximate surface area is 129 Å². The molecule has 0 unspecified atom stereocenters. The number of benzene rings is 2. The highest BCUT2D eigenvalue weighted by molar-refractivity contribution is 5.83. The number of nitrogens with one attached hydrogen (secondary N) is 3. The molecule has 0 saturated heterocycles. The van der Waals surface area contributed by atoms with E-state index in [1.165, 1.54) is 0 Å². The Balaban J connectivity index is 1.70. The highest BCUT2D eigenvalue weighted by Crippen LogP contribution is 1.99. The van der Waals surface area contributed by atoms with E-state index in [1.807, 2.05) is 66.7 Å². The van der Waals surface area contributed by atoms with Gasteiger partial charge in [-0.1, -0.05) is 66.7 Å². The van der Waals surface area contributed by atoms with E-state index in [1.54, 1.807) is 18.5 Å².